The van der Waals surface area contributed by atoms with Gasteiger partial charge in [-0.25, -0.2) is 4.98 Å². The van der Waals surface area contributed by atoms with Gasteiger partial charge in [-0.05, 0) is 62.1 Å². The highest BCUT2D eigenvalue weighted by Crippen LogP contribution is 2.31. The van der Waals surface area contributed by atoms with E-state index in [2.05, 4.69) is 20.3 Å². The molecule has 6 N–H and O–H groups in total. The number of aromatic amines is 1. The van der Waals surface area contributed by atoms with Crippen molar-refractivity contribution in [2.45, 2.75) is 52.9 Å². The minimum atomic E-state index is -4.39. The Balaban J connectivity index is 0.000000364. The van der Waals surface area contributed by atoms with Gasteiger partial charge in [-0.15, -0.1) is 0 Å². The number of ether oxygens (including phenoxy) is 1. The number of fused-ring (bicyclic) bond motifs is 1. The van der Waals surface area contributed by atoms with E-state index < -0.39 is 12.8 Å². The molecule has 2 aromatic heterocycles. The predicted molar refractivity (Wildman–Crippen MR) is 155 cm³/mol. The molecule has 1 aliphatic heterocycles. The van der Waals surface area contributed by atoms with Gasteiger partial charge in [0.2, 0.25) is 0 Å². The zero-order valence-electron chi connectivity index (χ0n) is 23.5. The zero-order valence-corrected chi connectivity index (χ0v) is 23.5. The van der Waals surface area contributed by atoms with Gasteiger partial charge in [-0.2, -0.15) is 13.2 Å². The molecule has 0 saturated heterocycles. The number of pyridine rings is 1. The molecule has 0 fully saturated rings. The van der Waals surface area contributed by atoms with E-state index in [9.17, 15) is 13.2 Å². The number of H-pyrrole nitrogens is 1. The summed E-state index contributed by atoms with van der Waals surface area (Å²) in [5.74, 6) is 2.17. The molecule has 2 unspecified atom stereocenters. The first-order valence-electron chi connectivity index (χ1n) is 13.1. The second-order valence-corrected chi connectivity index (χ2v) is 10.1. The fourth-order valence-electron chi connectivity index (χ4n) is 4.15. The number of benzene rings is 1. The number of aliphatic imine (C=N–C) groups is 1. The summed E-state index contributed by atoms with van der Waals surface area (Å²) in [7, 11) is 0. The van der Waals surface area contributed by atoms with Crippen molar-refractivity contribution in [3.63, 3.8) is 0 Å². The summed E-state index contributed by atoms with van der Waals surface area (Å²) >= 11 is 0. The Morgan fingerprint density at radius 3 is 2.60 bits per heavy atom. The van der Waals surface area contributed by atoms with Gasteiger partial charge in [0.05, 0.1) is 6.04 Å². The van der Waals surface area contributed by atoms with Gasteiger partial charge in [-0.3, -0.25) is 4.99 Å². The van der Waals surface area contributed by atoms with Crippen LogP contribution in [-0.4, -0.2) is 46.2 Å². The minimum Gasteiger partial charge on any atom is -0.482 e. The van der Waals surface area contributed by atoms with Crippen molar-refractivity contribution in [3.05, 3.63) is 77.8 Å². The molecule has 0 aliphatic carbocycles. The highest BCUT2D eigenvalue weighted by molar-refractivity contribution is 5.91. The maximum absolute atomic E-state index is 12.6. The number of halogens is 3. The van der Waals surface area contributed by atoms with E-state index in [0.717, 1.165) is 16.9 Å². The number of nitrogen functional groups attached to an aromatic ring is 1. The largest absolute Gasteiger partial charge is 0.482 e. The predicted octanol–water partition coefficient (Wildman–Crippen LogP) is 6.35. The van der Waals surface area contributed by atoms with Crippen LogP contribution in [0.15, 0.2) is 77.3 Å². The highest BCUT2D eigenvalue weighted by atomic mass is 19.4. The Bertz CT molecular complexity index is 1330. The van der Waals surface area contributed by atoms with Crippen LogP contribution in [0.2, 0.25) is 0 Å². The molecule has 0 amide bonds. The van der Waals surface area contributed by atoms with Crippen LogP contribution in [0.4, 0.5) is 24.8 Å². The van der Waals surface area contributed by atoms with Crippen molar-refractivity contribution in [3.8, 4) is 0 Å². The van der Waals surface area contributed by atoms with Crippen LogP contribution in [0.3, 0.4) is 0 Å². The normalized spacial score (nSPS) is 16.7. The van der Waals surface area contributed by atoms with E-state index in [-0.39, 0.29) is 23.8 Å². The minimum absolute atomic E-state index is 0.0134. The molecule has 0 bridgehead atoms. The van der Waals surface area contributed by atoms with Crippen molar-refractivity contribution in [1.82, 2.24) is 14.9 Å². The third kappa shape index (κ3) is 8.96. The Morgan fingerprint density at radius 1 is 1.20 bits per heavy atom. The monoisotopic (exact) mass is 557 g/mol. The zero-order chi connectivity index (χ0) is 29.4. The molecule has 40 heavy (non-hydrogen) atoms. The summed E-state index contributed by atoms with van der Waals surface area (Å²) in [6.45, 7) is 9.08. The quantitative estimate of drug-likeness (QED) is 0.199. The number of hydrogen-bond donors (Lipinski definition) is 4. The first-order chi connectivity index (χ1) is 18.8. The number of nitrogens with zero attached hydrogens (tertiary/aromatic N) is 3. The molecule has 1 aliphatic rings. The van der Waals surface area contributed by atoms with Gasteiger partial charge in [-0.1, -0.05) is 38.1 Å². The molecule has 11 heteroatoms. The van der Waals surface area contributed by atoms with E-state index >= 15 is 0 Å². The van der Waals surface area contributed by atoms with E-state index in [1.165, 1.54) is 5.39 Å². The fraction of sp³-hybridized carbons (Fsp3) is 0.379. The molecule has 0 radical (unpaired) electrons. The number of guanidine groups is 1. The molecule has 3 aromatic rings. The molecule has 216 valence electrons. The van der Waals surface area contributed by atoms with Crippen LogP contribution in [0, 0.1) is 5.92 Å². The first-order valence-corrected chi connectivity index (χ1v) is 13.1. The maximum Gasteiger partial charge on any atom is 0.422 e. The van der Waals surface area contributed by atoms with Crippen LogP contribution in [0.1, 0.15) is 46.2 Å². The smallest absolute Gasteiger partial charge is 0.422 e. The van der Waals surface area contributed by atoms with Gasteiger partial charge in [0.15, 0.2) is 12.6 Å². The summed E-state index contributed by atoms with van der Waals surface area (Å²) in [4.78, 5) is 13.5. The van der Waals surface area contributed by atoms with Gasteiger partial charge < -0.3 is 31.4 Å². The maximum atomic E-state index is 12.6. The van der Waals surface area contributed by atoms with Crippen molar-refractivity contribution in [1.29, 1.82) is 0 Å². The number of para-hydroxylation sites is 1. The molecule has 8 nitrogen and oxygen atoms in total. The van der Waals surface area contributed by atoms with Crippen LogP contribution >= 0.6 is 0 Å². The average molecular weight is 558 g/mol. The Kier molecular flexibility index (Phi) is 10.1. The van der Waals surface area contributed by atoms with E-state index in [1.54, 1.807) is 19.3 Å². The topological polar surface area (TPSA) is 118 Å². The third-order valence-electron chi connectivity index (χ3n) is 6.16. The van der Waals surface area contributed by atoms with E-state index in [4.69, 9.17) is 16.2 Å². The number of nitrogens with one attached hydrogen (secondary N) is 2. The molecule has 4 rings (SSSR count). The van der Waals surface area contributed by atoms with Crippen molar-refractivity contribution < 1.29 is 17.9 Å². The second kappa shape index (κ2) is 13.3. The number of alkyl halides is 3. The Labute approximate surface area is 233 Å². The lowest BCUT2D eigenvalue weighted by Crippen LogP contribution is -2.33. The highest BCUT2D eigenvalue weighted by Gasteiger charge is 2.30. The molecule has 3 heterocycles. The lowest BCUT2D eigenvalue weighted by molar-refractivity contribution is -0.164. The SMILES string of the molecule is CC1=CC(C)N(C(C)c2ccnc(NC(N)=NCC(C)C)c2)C=C1OCC(F)(F)F.Nc1cc2ccccc2[nH]1. The number of nitrogens with two attached hydrogens (primary N) is 2. The second-order valence-electron chi connectivity index (χ2n) is 10.1. The van der Waals surface area contributed by atoms with Crippen molar-refractivity contribution in [2.75, 3.05) is 24.2 Å². The molecule has 1 aromatic carbocycles. The van der Waals surface area contributed by atoms with Gasteiger partial charge in [0.1, 0.15) is 17.4 Å². The summed E-state index contributed by atoms with van der Waals surface area (Å²) < 4.78 is 42.7. The fourth-order valence-corrected chi connectivity index (χ4v) is 4.15. The Hall–Kier alpha value is -4.15. The molecule has 0 spiro atoms. The molecular weight excluding hydrogens is 519 g/mol. The van der Waals surface area contributed by atoms with Gasteiger partial charge in [0, 0.05) is 35.9 Å². The number of anilines is 2. The number of aromatic nitrogens is 2. The standard InChI is InChI=1S/C21H30F3N5O.C8H8N2/c1-13(2)10-27-20(25)28-19-9-17(6-7-26-19)16(5)29-11-18(14(3)8-15(29)4)30-12-21(22,23)24;9-8-5-6-3-1-2-4-7(6)10-8/h6-9,11,13,15-16H,10,12H2,1-5H3,(H3,25,26,27,28);1-5,10H,9H2. The molecule has 0 saturated carbocycles. The van der Waals surface area contributed by atoms with Gasteiger partial charge in [0.25, 0.3) is 0 Å². The molecule has 2 atom stereocenters. The number of allylic oxidation sites excluding steroid dienone is 1. The summed E-state index contributed by atoms with van der Waals surface area (Å²) in [6.07, 6.45) is 0.801. The lowest BCUT2D eigenvalue weighted by atomic mass is 10.0. The first kappa shape index (κ1) is 30.4. The van der Waals surface area contributed by atoms with Crippen molar-refractivity contribution >= 4 is 28.5 Å². The number of rotatable bonds is 7. The van der Waals surface area contributed by atoms with Crippen LogP contribution in [0.5, 0.6) is 0 Å². The van der Waals surface area contributed by atoms with E-state index in [1.807, 2.05) is 81.1 Å². The van der Waals surface area contributed by atoms with Crippen molar-refractivity contribution in [2.24, 2.45) is 16.6 Å². The Morgan fingerprint density at radius 2 is 1.93 bits per heavy atom. The average Bonchev–Trinajstić information content (AvgIpc) is 3.27. The van der Waals surface area contributed by atoms with Gasteiger partial charge >= 0.3 is 6.18 Å². The number of hydrogen-bond acceptors (Lipinski definition) is 5. The van der Waals surface area contributed by atoms with Crippen LogP contribution < -0.4 is 16.8 Å². The van der Waals surface area contributed by atoms with Crippen LogP contribution in [-0.2, 0) is 4.74 Å². The molecular formula is C29H38F3N7O. The summed E-state index contributed by atoms with van der Waals surface area (Å²) in [5, 5.41) is 4.15. The lowest BCUT2D eigenvalue weighted by Gasteiger charge is -2.36. The summed E-state index contributed by atoms with van der Waals surface area (Å²) in [6, 6.07) is 13.5. The van der Waals surface area contributed by atoms with E-state index in [0.29, 0.717) is 23.9 Å². The van der Waals surface area contributed by atoms with Crippen LogP contribution in [0.25, 0.3) is 10.9 Å². The summed E-state index contributed by atoms with van der Waals surface area (Å²) in [5.41, 5.74) is 14.2. The third-order valence-corrected chi connectivity index (χ3v) is 6.16.